The predicted octanol–water partition coefficient (Wildman–Crippen LogP) is 0.942. The molecule has 2 N–H and O–H groups in total. The molecule has 0 aliphatic heterocycles. The third-order valence-corrected chi connectivity index (χ3v) is 2.54. The summed E-state index contributed by atoms with van der Waals surface area (Å²) in [6.45, 7) is 1.84. The van der Waals surface area contributed by atoms with Crippen LogP contribution in [-0.2, 0) is 11.3 Å². The number of nitrogens with one attached hydrogen (secondary N) is 1. The van der Waals surface area contributed by atoms with Gasteiger partial charge in [0.1, 0.15) is 0 Å². The second-order valence-corrected chi connectivity index (χ2v) is 4.04. The zero-order chi connectivity index (χ0) is 12.3. The molecule has 0 fully saturated rings. The monoisotopic (exact) mass is 239 g/mol. The summed E-state index contributed by atoms with van der Waals surface area (Å²) < 4.78 is 2.03. The first-order valence-corrected chi connectivity index (χ1v) is 6.16. The van der Waals surface area contributed by atoms with Crippen LogP contribution in [0.1, 0.15) is 32.1 Å². The quantitative estimate of drug-likeness (QED) is 0.630. The van der Waals surface area contributed by atoms with E-state index in [4.69, 9.17) is 5.11 Å². The normalized spacial score (nSPS) is 10.4. The van der Waals surface area contributed by atoms with Crippen molar-refractivity contribution in [1.29, 1.82) is 0 Å². The van der Waals surface area contributed by atoms with Crippen LogP contribution in [0.4, 0.5) is 0 Å². The lowest BCUT2D eigenvalue weighted by atomic mass is 10.2. The van der Waals surface area contributed by atoms with Crippen molar-refractivity contribution in [2.75, 3.05) is 13.2 Å². The molecule has 0 radical (unpaired) electrons. The first-order chi connectivity index (χ1) is 8.33. The van der Waals surface area contributed by atoms with Crippen LogP contribution in [0.3, 0.4) is 0 Å². The molecule has 0 saturated carbocycles. The molecule has 1 aromatic heterocycles. The van der Waals surface area contributed by atoms with E-state index >= 15 is 0 Å². The molecule has 1 heterocycles. The summed E-state index contributed by atoms with van der Waals surface area (Å²) in [5.74, 6) is 0.0843. The van der Waals surface area contributed by atoms with E-state index < -0.39 is 0 Å². The van der Waals surface area contributed by atoms with Gasteiger partial charge < -0.3 is 15.0 Å². The number of carbonyl (C=O) groups is 1. The van der Waals surface area contributed by atoms with E-state index in [2.05, 4.69) is 10.3 Å². The summed E-state index contributed by atoms with van der Waals surface area (Å²) >= 11 is 0. The van der Waals surface area contributed by atoms with Gasteiger partial charge in [-0.15, -0.1) is 0 Å². The maximum absolute atomic E-state index is 11.3. The van der Waals surface area contributed by atoms with E-state index in [1.165, 1.54) is 0 Å². The second-order valence-electron chi connectivity index (χ2n) is 4.04. The molecule has 17 heavy (non-hydrogen) atoms. The summed E-state index contributed by atoms with van der Waals surface area (Å²) in [6, 6.07) is 0. The fraction of sp³-hybridized carbons (Fsp3) is 0.667. The topological polar surface area (TPSA) is 67.2 Å². The lowest BCUT2D eigenvalue weighted by Gasteiger charge is -2.05. The van der Waals surface area contributed by atoms with Gasteiger partial charge >= 0.3 is 0 Å². The van der Waals surface area contributed by atoms with Crippen LogP contribution >= 0.6 is 0 Å². The molecule has 0 bridgehead atoms. The van der Waals surface area contributed by atoms with E-state index in [1.807, 2.05) is 10.8 Å². The van der Waals surface area contributed by atoms with Crippen LogP contribution in [0, 0.1) is 0 Å². The Balaban J connectivity index is 1.91. The van der Waals surface area contributed by atoms with Crippen LogP contribution in [0.5, 0.6) is 0 Å². The first kappa shape index (κ1) is 13.7. The molecule has 5 heteroatoms. The molecule has 0 unspecified atom stereocenters. The molecule has 0 aromatic carbocycles. The first-order valence-electron chi connectivity index (χ1n) is 6.16. The van der Waals surface area contributed by atoms with Crippen LogP contribution in [0.25, 0.3) is 0 Å². The Labute approximate surface area is 102 Å². The van der Waals surface area contributed by atoms with Gasteiger partial charge in [0.05, 0.1) is 6.33 Å². The number of unbranched alkanes of at least 4 members (excludes halogenated alkanes) is 2. The van der Waals surface area contributed by atoms with E-state index in [1.54, 1.807) is 12.5 Å². The van der Waals surface area contributed by atoms with Crippen molar-refractivity contribution in [3.63, 3.8) is 0 Å². The molecular weight excluding hydrogens is 218 g/mol. The Morgan fingerprint density at radius 1 is 1.29 bits per heavy atom. The molecule has 0 aliphatic rings. The van der Waals surface area contributed by atoms with Gasteiger partial charge in [-0.25, -0.2) is 4.98 Å². The second kappa shape index (κ2) is 8.75. The van der Waals surface area contributed by atoms with E-state index in [0.717, 1.165) is 32.4 Å². The maximum Gasteiger partial charge on any atom is 0.219 e. The van der Waals surface area contributed by atoms with Crippen LogP contribution < -0.4 is 5.32 Å². The Bertz CT molecular complexity index is 299. The van der Waals surface area contributed by atoms with Crippen molar-refractivity contribution in [3.05, 3.63) is 18.7 Å². The van der Waals surface area contributed by atoms with Gasteiger partial charge in [0.15, 0.2) is 0 Å². The number of hydrogen-bond acceptors (Lipinski definition) is 3. The molecule has 1 rings (SSSR count). The average molecular weight is 239 g/mol. The number of amides is 1. The fourth-order valence-corrected chi connectivity index (χ4v) is 1.55. The highest BCUT2D eigenvalue weighted by molar-refractivity contribution is 5.75. The zero-order valence-electron chi connectivity index (χ0n) is 10.1. The average Bonchev–Trinajstić information content (AvgIpc) is 2.82. The van der Waals surface area contributed by atoms with Crippen molar-refractivity contribution in [1.82, 2.24) is 14.9 Å². The molecule has 0 atom stereocenters. The van der Waals surface area contributed by atoms with Crippen LogP contribution in [0.15, 0.2) is 18.7 Å². The van der Waals surface area contributed by atoms with E-state index in [9.17, 15) is 4.79 Å². The third-order valence-electron chi connectivity index (χ3n) is 2.54. The molecular formula is C12H21N3O2. The van der Waals surface area contributed by atoms with E-state index in [0.29, 0.717) is 12.8 Å². The third kappa shape index (κ3) is 6.73. The number of carbonyl (C=O) groups excluding carboxylic acids is 1. The van der Waals surface area contributed by atoms with Gasteiger partial charge in [-0.2, -0.15) is 0 Å². The maximum atomic E-state index is 11.3. The van der Waals surface area contributed by atoms with Crippen molar-refractivity contribution < 1.29 is 9.90 Å². The van der Waals surface area contributed by atoms with Gasteiger partial charge in [0.2, 0.25) is 5.91 Å². The fourth-order valence-electron chi connectivity index (χ4n) is 1.55. The minimum Gasteiger partial charge on any atom is -0.396 e. The van der Waals surface area contributed by atoms with Crippen LogP contribution in [0.2, 0.25) is 0 Å². The smallest absolute Gasteiger partial charge is 0.219 e. The van der Waals surface area contributed by atoms with Crippen LogP contribution in [-0.4, -0.2) is 33.7 Å². The summed E-state index contributed by atoms with van der Waals surface area (Å²) in [5, 5.41) is 11.5. The molecule has 1 aromatic rings. The molecule has 1 amide bonds. The number of aliphatic hydroxyl groups excluding tert-OH is 1. The number of aryl methyl sites for hydroxylation is 1. The van der Waals surface area contributed by atoms with Crippen molar-refractivity contribution in [2.45, 2.75) is 38.6 Å². The van der Waals surface area contributed by atoms with Crippen molar-refractivity contribution in [3.8, 4) is 0 Å². The van der Waals surface area contributed by atoms with Gasteiger partial charge in [0.25, 0.3) is 0 Å². The van der Waals surface area contributed by atoms with Gasteiger partial charge in [0, 0.05) is 38.5 Å². The SMILES string of the molecule is O=C(CCCCO)NCCCCn1ccnc1. The number of aliphatic hydroxyl groups is 1. The highest BCUT2D eigenvalue weighted by atomic mass is 16.2. The molecule has 0 spiro atoms. The largest absolute Gasteiger partial charge is 0.396 e. The summed E-state index contributed by atoms with van der Waals surface area (Å²) in [7, 11) is 0. The Kier molecular flexibility index (Phi) is 7.06. The van der Waals surface area contributed by atoms with Crippen molar-refractivity contribution in [2.24, 2.45) is 0 Å². The Morgan fingerprint density at radius 3 is 2.88 bits per heavy atom. The molecule has 96 valence electrons. The minimum absolute atomic E-state index is 0.0843. The standard InChI is InChI=1S/C12H21N3O2/c16-10-4-1-5-12(17)14-6-2-3-8-15-9-7-13-11-15/h7,9,11,16H,1-6,8,10H2,(H,14,17). The summed E-state index contributed by atoms with van der Waals surface area (Å²) in [4.78, 5) is 15.3. The predicted molar refractivity (Wildman–Crippen MR) is 65.4 cm³/mol. The minimum atomic E-state index is 0.0843. The molecule has 0 aliphatic carbocycles. The van der Waals surface area contributed by atoms with E-state index in [-0.39, 0.29) is 12.5 Å². The van der Waals surface area contributed by atoms with Crippen molar-refractivity contribution >= 4 is 5.91 Å². The number of hydrogen-bond donors (Lipinski definition) is 2. The lowest BCUT2D eigenvalue weighted by molar-refractivity contribution is -0.121. The summed E-state index contributed by atoms with van der Waals surface area (Å²) in [6.07, 6.45) is 9.49. The number of rotatable bonds is 9. The lowest BCUT2D eigenvalue weighted by Crippen LogP contribution is -2.24. The summed E-state index contributed by atoms with van der Waals surface area (Å²) in [5.41, 5.74) is 0. The Morgan fingerprint density at radius 2 is 2.18 bits per heavy atom. The molecule has 0 saturated heterocycles. The number of nitrogens with zero attached hydrogens (tertiary/aromatic N) is 2. The van der Waals surface area contributed by atoms with Gasteiger partial charge in [-0.1, -0.05) is 0 Å². The Hall–Kier alpha value is -1.36. The molecule has 5 nitrogen and oxygen atoms in total. The van der Waals surface area contributed by atoms with Gasteiger partial charge in [-0.05, 0) is 25.7 Å². The number of imidazole rings is 1. The zero-order valence-corrected chi connectivity index (χ0v) is 10.1. The number of aromatic nitrogens is 2. The highest BCUT2D eigenvalue weighted by Gasteiger charge is 1.99. The highest BCUT2D eigenvalue weighted by Crippen LogP contribution is 1.96. The van der Waals surface area contributed by atoms with Gasteiger partial charge in [-0.3, -0.25) is 4.79 Å².